The van der Waals surface area contributed by atoms with Gasteiger partial charge >= 0.3 is 6.36 Å². The number of ether oxygens (including phenoxy) is 1. The SMILES string of the molecule is C[C@@H]1CC(n2c(Nc3ccc(OC(F)(F)F)cc3)nc3cc(C#N)ccc32)CC(C)(C)C1. The van der Waals surface area contributed by atoms with E-state index in [9.17, 15) is 18.4 Å². The number of halogens is 3. The van der Waals surface area contributed by atoms with Crippen molar-refractivity contribution in [3.05, 3.63) is 48.0 Å². The van der Waals surface area contributed by atoms with Crippen LogP contribution in [0.15, 0.2) is 42.5 Å². The Bertz CT molecular complexity index is 1160. The number of rotatable bonds is 4. The van der Waals surface area contributed by atoms with Crippen molar-refractivity contribution in [2.45, 2.75) is 52.4 Å². The van der Waals surface area contributed by atoms with Crippen LogP contribution in [0.25, 0.3) is 11.0 Å². The van der Waals surface area contributed by atoms with E-state index in [-0.39, 0.29) is 17.2 Å². The lowest BCUT2D eigenvalue weighted by Gasteiger charge is -2.40. The number of fused-ring (bicyclic) bond motifs is 1. The van der Waals surface area contributed by atoms with Gasteiger partial charge in [-0.3, -0.25) is 0 Å². The van der Waals surface area contributed by atoms with Gasteiger partial charge < -0.3 is 14.6 Å². The first-order valence-electron chi connectivity index (χ1n) is 10.6. The Hall–Kier alpha value is -3.21. The number of alkyl halides is 3. The van der Waals surface area contributed by atoms with Crippen LogP contribution in [-0.2, 0) is 0 Å². The largest absolute Gasteiger partial charge is 0.573 e. The molecule has 0 bridgehead atoms. The number of hydrogen-bond donors (Lipinski definition) is 1. The number of imidazole rings is 1. The van der Waals surface area contributed by atoms with Crippen molar-refractivity contribution in [2.24, 2.45) is 11.3 Å². The molecule has 8 heteroatoms. The van der Waals surface area contributed by atoms with Crippen molar-refractivity contribution in [1.82, 2.24) is 9.55 Å². The van der Waals surface area contributed by atoms with Gasteiger partial charge in [0.15, 0.2) is 0 Å². The van der Waals surface area contributed by atoms with E-state index >= 15 is 0 Å². The van der Waals surface area contributed by atoms with Gasteiger partial charge in [-0.2, -0.15) is 5.26 Å². The molecule has 1 aromatic heterocycles. The summed E-state index contributed by atoms with van der Waals surface area (Å²) in [5, 5.41) is 12.5. The molecule has 1 aliphatic rings. The summed E-state index contributed by atoms with van der Waals surface area (Å²) < 4.78 is 43.5. The van der Waals surface area contributed by atoms with Crippen molar-refractivity contribution in [1.29, 1.82) is 5.26 Å². The molecule has 0 amide bonds. The molecule has 4 rings (SSSR count). The minimum Gasteiger partial charge on any atom is -0.406 e. The quantitative estimate of drug-likeness (QED) is 0.475. The van der Waals surface area contributed by atoms with Crippen molar-refractivity contribution < 1.29 is 17.9 Å². The van der Waals surface area contributed by atoms with E-state index < -0.39 is 6.36 Å². The van der Waals surface area contributed by atoms with Crippen LogP contribution in [0.1, 0.15) is 51.6 Å². The average molecular weight is 442 g/mol. The number of nitriles is 1. The Balaban J connectivity index is 1.72. The molecule has 0 saturated heterocycles. The Morgan fingerprint density at radius 2 is 1.88 bits per heavy atom. The second-order valence-electron chi connectivity index (χ2n) is 9.39. The van der Waals surface area contributed by atoms with Crippen LogP contribution in [0.5, 0.6) is 5.75 Å². The lowest BCUT2D eigenvalue weighted by molar-refractivity contribution is -0.274. The first-order chi connectivity index (χ1) is 15.0. The Kier molecular flexibility index (Phi) is 5.53. The monoisotopic (exact) mass is 442 g/mol. The van der Waals surface area contributed by atoms with E-state index in [1.807, 2.05) is 6.07 Å². The normalized spacial score (nSPS) is 20.7. The van der Waals surface area contributed by atoms with E-state index in [1.165, 1.54) is 24.3 Å². The molecule has 1 unspecified atom stereocenters. The van der Waals surface area contributed by atoms with E-state index in [1.54, 1.807) is 12.1 Å². The molecule has 32 heavy (non-hydrogen) atoms. The summed E-state index contributed by atoms with van der Waals surface area (Å²) >= 11 is 0. The van der Waals surface area contributed by atoms with Crippen molar-refractivity contribution in [2.75, 3.05) is 5.32 Å². The standard InChI is InChI=1S/C24H25F3N4O/c1-15-10-18(13-23(2,3)12-15)31-21-9-4-16(14-28)11-20(21)30-22(31)29-17-5-7-19(8-6-17)32-24(25,26)27/h4-9,11,15,18H,10,12-13H2,1-3H3,(H,29,30)/t15-,18?/m1/s1. The fourth-order valence-corrected chi connectivity index (χ4v) is 4.99. The molecule has 1 fully saturated rings. The van der Waals surface area contributed by atoms with Gasteiger partial charge in [0, 0.05) is 11.7 Å². The molecular weight excluding hydrogens is 417 g/mol. The van der Waals surface area contributed by atoms with Crippen molar-refractivity contribution in [3.63, 3.8) is 0 Å². The summed E-state index contributed by atoms with van der Waals surface area (Å²) in [6.45, 7) is 6.80. The summed E-state index contributed by atoms with van der Waals surface area (Å²) in [5.74, 6) is 0.874. The molecule has 2 atom stereocenters. The summed E-state index contributed by atoms with van der Waals surface area (Å²) in [4.78, 5) is 4.74. The molecule has 1 saturated carbocycles. The van der Waals surface area contributed by atoms with Gasteiger partial charge in [-0.1, -0.05) is 20.8 Å². The highest BCUT2D eigenvalue weighted by atomic mass is 19.4. The van der Waals surface area contributed by atoms with Crippen molar-refractivity contribution >= 4 is 22.7 Å². The number of nitrogens with one attached hydrogen (secondary N) is 1. The highest BCUT2D eigenvalue weighted by Crippen LogP contribution is 2.46. The topological polar surface area (TPSA) is 62.9 Å². The zero-order valence-electron chi connectivity index (χ0n) is 18.2. The second kappa shape index (κ2) is 8.05. The predicted molar refractivity (Wildman–Crippen MR) is 117 cm³/mol. The summed E-state index contributed by atoms with van der Waals surface area (Å²) in [6, 6.07) is 13.4. The van der Waals surface area contributed by atoms with E-state index in [0.29, 0.717) is 28.6 Å². The maximum absolute atomic E-state index is 12.4. The van der Waals surface area contributed by atoms with Gasteiger partial charge in [0.05, 0.1) is 22.7 Å². The molecule has 168 valence electrons. The van der Waals surface area contributed by atoms with Crippen LogP contribution in [-0.4, -0.2) is 15.9 Å². The Morgan fingerprint density at radius 1 is 1.16 bits per heavy atom. The van der Waals surface area contributed by atoms with Gasteiger partial charge in [-0.15, -0.1) is 13.2 Å². The molecule has 5 nitrogen and oxygen atoms in total. The first kappa shape index (κ1) is 22.0. The zero-order valence-corrected chi connectivity index (χ0v) is 18.2. The Morgan fingerprint density at radius 3 is 2.50 bits per heavy atom. The third-order valence-electron chi connectivity index (χ3n) is 5.89. The Labute approximate surface area is 184 Å². The highest BCUT2D eigenvalue weighted by Gasteiger charge is 2.35. The molecule has 1 aliphatic carbocycles. The molecule has 0 aliphatic heterocycles. The smallest absolute Gasteiger partial charge is 0.406 e. The van der Waals surface area contributed by atoms with Crippen LogP contribution < -0.4 is 10.1 Å². The number of aromatic nitrogens is 2. The van der Waals surface area contributed by atoms with Gasteiger partial charge in [-0.05, 0) is 73.1 Å². The first-order valence-corrected chi connectivity index (χ1v) is 10.6. The number of anilines is 2. The number of nitrogens with zero attached hydrogens (tertiary/aromatic N) is 3. The minimum absolute atomic E-state index is 0.180. The third kappa shape index (κ3) is 4.82. The van der Waals surface area contributed by atoms with E-state index in [2.05, 4.69) is 41.5 Å². The van der Waals surface area contributed by atoms with E-state index in [4.69, 9.17) is 4.98 Å². The molecular formula is C24H25F3N4O. The molecule has 0 spiro atoms. The minimum atomic E-state index is -4.73. The maximum Gasteiger partial charge on any atom is 0.573 e. The maximum atomic E-state index is 12.4. The molecule has 0 radical (unpaired) electrons. The zero-order chi connectivity index (χ0) is 23.1. The summed E-state index contributed by atoms with van der Waals surface area (Å²) in [7, 11) is 0. The van der Waals surface area contributed by atoms with Gasteiger partial charge in [0.1, 0.15) is 5.75 Å². The van der Waals surface area contributed by atoms with Gasteiger partial charge in [-0.25, -0.2) is 4.98 Å². The average Bonchev–Trinajstić information content (AvgIpc) is 3.03. The number of hydrogen-bond acceptors (Lipinski definition) is 4. The fraction of sp³-hybridized carbons (Fsp3) is 0.417. The van der Waals surface area contributed by atoms with E-state index in [0.717, 1.165) is 24.8 Å². The lowest BCUT2D eigenvalue weighted by Crippen LogP contribution is -2.29. The third-order valence-corrected chi connectivity index (χ3v) is 5.89. The van der Waals surface area contributed by atoms with Crippen LogP contribution in [0.2, 0.25) is 0 Å². The predicted octanol–water partition coefficient (Wildman–Crippen LogP) is 6.94. The van der Waals surface area contributed by atoms with Gasteiger partial charge in [0.25, 0.3) is 0 Å². The van der Waals surface area contributed by atoms with Crippen LogP contribution in [0.3, 0.4) is 0 Å². The molecule has 1 N–H and O–H groups in total. The van der Waals surface area contributed by atoms with Crippen LogP contribution >= 0.6 is 0 Å². The summed E-state index contributed by atoms with van der Waals surface area (Å²) in [5.41, 5.74) is 2.94. The van der Waals surface area contributed by atoms with Crippen molar-refractivity contribution in [3.8, 4) is 11.8 Å². The lowest BCUT2D eigenvalue weighted by atomic mass is 9.70. The number of benzene rings is 2. The van der Waals surface area contributed by atoms with Crippen LogP contribution in [0.4, 0.5) is 24.8 Å². The molecule has 1 heterocycles. The summed E-state index contributed by atoms with van der Waals surface area (Å²) in [6.07, 6.45) is -1.60. The van der Waals surface area contributed by atoms with Gasteiger partial charge in [0.2, 0.25) is 5.95 Å². The highest BCUT2D eigenvalue weighted by molar-refractivity contribution is 5.81. The molecule has 2 aromatic carbocycles. The van der Waals surface area contributed by atoms with Crippen LogP contribution in [0, 0.1) is 22.7 Å². The molecule has 3 aromatic rings. The second-order valence-corrected chi connectivity index (χ2v) is 9.39. The fourth-order valence-electron chi connectivity index (χ4n) is 4.99.